The number of methoxy groups -OCH3 is 1. The van der Waals surface area contributed by atoms with Crippen molar-refractivity contribution in [2.24, 2.45) is 0 Å². The molecule has 2 amide bonds. The molecule has 5 heterocycles. The van der Waals surface area contributed by atoms with Crippen LogP contribution in [-0.4, -0.2) is 120 Å². The Bertz CT molecular complexity index is 1880. The third-order valence-corrected chi connectivity index (χ3v) is 9.97. The number of likely N-dealkylation sites (tertiary alicyclic amines) is 1. The molecule has 3 aliphatic rings. The van der Waals surface area contributed by atoms with Gasteiger partial charge in [-0.2, -0.15) is 9.97 Å². The van der Waals surface area contributed by atoms with Crippen LogP contribution in [-0.2, 0) is 9.47 Å². The van der Waals surface area contributed by atoms with Crippen LogP contribution in [0.15, 0.2) is 42.6 Å². The Labute approximate surface area is 286 Å². The van der Waals surface area contributed by atoms with Crippen LogP contribution in [0.1, 0.15) is 19.3 Å². The van der Waals surface area contributed by atoms with Crippen LogP contribution in [0.3, 0.4) is 0 Å². The quantitative estimate of drug-likeness (QED) is 0.234. The number of ether oxygens (including phenoxy) is 3. The van der Waals surface area contributed by atoms with Crippen molar-refractivity contribution in [3.8, 4) is 17.3 Å². The third-order valence-electron chi connectivity index (χ3n) is 9.66. The summed E-state index contributed by atoms with van der Waals surface area (Å²) >= 11 is 6.60. The van der Waals surface area contributed by atoms with Crippen LogP contribution in [0.2, 0.25) is 5.02 Å². The Morgan fingerprint density at radius 3 is 2.59 bits per heavy atom. The van der Waals surface area contributed by atoms with Crippen LogP contribution in [0, 0.1) is 5.82 Å². The van der Waals surface area contributed by atoms with Crippen molar-refractivity contribution in [3.05, 3.63) is 53.4 Å². The number of carboxylic acid groups (broad SMARTS) is 1. The standard InChI is InChI=1S/C34H37ClFN7O6/c1-41-17-23(49-33(44)37-11-12-47-2)13-22(41)18-48-32-39-30-25(31(40-32)42-15-20-9-10-21(16-42)43(20)34(45)46)14-38-29(28(30)36)24-7-3-5-19-6-4-8-26(35)27(19)24/h3-8,14,20-23H,9-13,15-18H2,1-2H3,(H,37,44)(H,45,46)/t20?,21?,22-,23+/m0/s1. The fourth-order valence-corrected chi connectivity index (χ4v) is 7.61. The molecule has 49 heavy (non-hydrogen) atoms. The summed E-state index contributed by atoms with van der Waals surface area (Å²) in [6.07, 6.45) is 1.78. The number of halogens is 2. The number of carbonyl (C=O) groups is 2. The van der Waals surface area contributed by atoms with Gasteiger partial charge in [0, 0.05) is 67.9 Å². The van der Waals surface area contributed by atoms with Gasteiger partial charge < -0.3 is 29.5 Å². The first-order valence-electron chi connectivity index (χ1n) is 16.3. The summed E-state index contributed by atoms with van der Waals surface area (Å²) in [5.41, 5.74) is 0.663. The van der Waals surface area contributed by atoms with Crippen molar-refractivity contribution in [2.45, 2.75) is 43.5 Å². The molecule has 15 heteroatoms. The second-order valence-corrected chi connectivity index (χ2v) is 13.1. The first-order chi connectivity index (χ1) is 23.7. The van der Waals surface area contributed by atoms with E-state index in [1.54, 1.807) is 25.4 Å². The van der Waals surface area contributed by atoms with E-state index in [-0.39, 0.29) is 48.1 Å². The summed E-state index contributed by atoms with van der Waals surface area (Å²) in [6.45, 7) is 2.21. The molecule has 0 spiro atoms. The van der Waals surface area contributed by atoms with E-state index in [2.05, 4.69) is 15.3 Å². The van der Waals surface area contributed by atoms with Crippen molar-refractivity contribution in [1.29, 1.82) is 0 Å². The van der Waals surface area contributed by atoms with Crippen molar-refractivity contribution in [1.82, 2.24) is 30.1 Å². The second-order valence-electron chi connectivity index (χ2n) is 12.7. The number of piperazine rings is 1. The van der Waals surface area contributed by atoms with Crippen LogP contribution >= 0.6 is 11.6 Å². The van der Waals surface area contributed by atoms with E-state index in [0.717, 1.165) is 18.2 Å². The van der Waals surface area contributed by atoms with E-state index in [1.807, 2.05) is 41.1 Å². The summed E-state index contributed by atoms with van der Waals surface area (Å²) in [5.74, 6) is -0.207. The van der Waals surface area contributed by atoms with E-state index in [0.29, 0.717) is 66.4 Å². The van der Waals surface area contributed by atoms with Crippen LogP contribution in [0.25, 0.3) is 32.9 Å². The summed E-state index contributed by atoms with van der Waals surface area (Å²) < 4.78 is 33.4. The Morgan fingerprint density at radius 2 is 1.86 bits per heavy atom. The van der Waals surface area contributed by atoms with Gasteiger partial charge >= 0.3 is 18.2 Å². The first-order valence-corrected chi connectivity index (χ1v) is 16.7. The molecule has 3 fully saturated rings. The maximum absolute atomic E-state index is 16.7. The monoisotopic (exact) mass is 693 g/mol. The number of benzene rings is 2. The molecule has 3 aliphatic heterocycles. The Kier molecular flexibility index (Phi) is 9.27. The molecule has 4 aromatic rings. The van der Waals surface area contributed by atoms with Crippen LogP contribution in [0.5, 0.6) is 6.01 Å². The molecule has 0 radical (unpaired) electrons. The zero-order valence-corrected chi connectivity index (χ0v) is 27.9. The molecular formula is C34H37ClFN7O6. The maximum atomic E-state index is 16.7. The highest BCUT2D eigenvalue weighted by Crippen LogP contribution is 2.39. The van der Waals surface area contributed by atoms with Gasteiger partial charge in [-0.05, 0) is 31.3 Å². The average Bonchev–Trinajstić information content (AvgIpc) is 3.57. The molecule has 258 valence electrons. The lowest BCUT2D eigenvalue weighted by Gasteiger charge is -2.40. The number of nitrogens with one attached hydrogen (secondary N) is 1. The minimum atomic E-state index is -0.940. The van der Waals surface area contributed by atoms with Gasteiger partial charge in [0.05, 0.1) is 24.1 Å². The van der Waals surface area contributed by atoms with E-state index < -0.39 is 18.0 Å². The van der Waals surface area contributed by atoms with E-state index in [4.69, 9.17) is 30.8 Å². The zero-order chi connectivity index (χ0) is 34.2. The molecule has 2 unspecified atom stereocenters. The van der Waals surface area contributed by atoms with Crippen molar-refractivity contribution >= 4 is 51.3 Å². The number of aromatic nitrogens is 3. The highest BCUT2D eigenvalue weighted by Gasteiger charge is 2.43. The molecule has 2 bridgehead atoms. The number of amides is 2. The maximum Gasteiger partial charge on any atom is 0.407 e. The number of rotatable bonds is 9. The van der Waals surface area contributed by atoms with Gasteiger partial charge in [0.15, 0.2) is 5.82 Å². The lowest BCUT2D eigenvalue weighted by atomic mass is 10.0. The summed E-state index contributed by atoms with van der Waals surface area (Å²) in [7, 11) is 3.47. The van der Waals surface area contributed by atoms with Gasteiger partial charge in [0.25, 0.3) is 0 Å². The van der Waals surface area contributed by atoms with Gasteiger partial charge in [0.1, 0.15) is 29.7 Å². The summed E-state index contributed by atoms with van der Waals surface area (Å²) in [5, 5.41) is 14.9. The molecular weight excluding hydrogens is 657 g/mol. The molecule has 7 rings (SSSR count). The number of hydrogen-bond donors (Lipinski definition) is 2. The van der Waals surface area contributed by atoms with E-state index in [1.165, 1.54) is 4.90 Å². The highest BCUT2D eigenvalue weighted by atomic mass is 35.5. The van der Waals surface area contributed by atoms with E-state index in [9.17, 15) is 14.7 Å². The van der Waals surface area contributed by atoms with Gasteiger partial charge in [-0.15, -0.1) is 0 Å². The number of fused-ring (bicyclic) bond motifs is 4. The summed E-state index contributed by atoms with van der Waals surface area (Å²) in [6, 6.07) is 10.5. The minimum Gasteiger partial charge on any atom is -0.465 e. The van der Waals surface area contributed by atoms with Crippen molar-refractivity contribution < 1.29 is 33.3 Å². The number of nitrogens with zero attached hydrogens (tertiary/aromatic N) is 6. The van der Waals surface area contributed by atoms with Gasteiger partial charge in [0.2, 0.25) is 0 Å². The number of alkyl carbamates (subject to hydrolysis) is 1. The molecule has 4 atom stereocenters. The average molecular weight is 694 g/mol. The molecule has 13 nitrogen and oxygen atoms in total. The molecule has 3 saturated heterocycles. The van der Waals surface area contributed by atoms with Gasteiger partial charge in [-0.3, -0.25) is 14.8 Å². The number of carbonyl (C=O) groups excluding carboxylic acids is 1. The SMILES string of the molecule is COCCNC(=O)O[C@@H]1C[C@@H](COc2nc(N3CC4CCC(C3)N4C(=O)O)c3cnc(-c4cccc5cccc(Cl)c45)c(F)c3n2)N(C)C1. The molecule has 0 aliphatic carbocycles. The van der Waals surface area contributed by atoms with Crippen LogP contribution < -0.4 is 15.0 Å². The topological polar surface area (TPSA) is 142 Å². The Morgan fingerprint density at radius 1 is 1.10 bits per heavy atom. The first kappa shape index (κ1) is 33.0. The fourth-order valence-electron chi connectivity index (χ4n) is 7.32. The highest BCUT2D eigenvalue weighted by molar-refractivity contribution is 6.36. The third kappa shape index (κ3) is 6.47. The van der Waals surface area contributed by atoms with Crippen molar-refractivity contribution in [2.75, 3.05) is 58.5 Å². The van der Waals surface area contributed by atoms with Crippen LogP contribution in [0.4, 0.5) is 19.8 Å². The molecule has 2 N–H and O–H groups in total. The lowest BCUT2D eigenvalue weighted by Crippen LogP contribution is -2.55. The molecule has 2 aromatic carbocycles. The van der Waals surface area contributed by atoms with Gasteiger partial charge in [-0.25, -0.2) is 14.0 Å². The lowest BCUT2D eigenvalue weighted by molar-refractivity contribution is 0.0988. The molecule has 2 aromatic heterocycles. The number of hydrogen-bond acceptors (Lipinski definition) is 10. The number of anilines is 1. The zero-order valence-electron chi connectivity index (χ0n) is 27.1. The van der Waals surface area contributed by atoms with Gasteiger partial charge in [-0.1, -0.05) is 41.9 Å². The smallest absolute Gasteiger partial charge is 0.407 e. The molecule has 0 saturated carbocycles. The predicted octanol–water partition coefficient (Wildman–Crippen LogP) is 4.79. The summed E-state index contributed by atoms with van der Waals surface area (Å²) in [4.78, 5) is 43.6. The second kappa shape index (κ2) is 13.8. The fraction of sp³-hybridized carbons (Fsp3) is 0.441. The minimum absolute atomic E-state index is 0.0161. The van der Waals surface area contributed by atoms with Crippen molar-refractivity contribution in [3.63, 3.8) is 0 Å². The number of pyridine rings is 1. The normalized spacial score (nSPS) is 22.2. The Balaban J connectivity index is 1.21. The largest absolute Gasteiger partial charge is 0.465 e. The van der Waals surface area contributed by atoms with E-state index >= 15 is 4.39 Å². The number of likely N-dealkylation sites (N-methyl/N-ethyl adjacent to an activating group) is 1. The Hall–Kier alpha value is -4.53. The predicted molar refractivity (Wildman–Crippen MR) is 181 cm³/mol.